The van der Waals surface area contributed by atoms with Crippen LogP contribution in [0.25, 0.3) is 12.2 Å². The Morgan fingerprint density at radius 2 is 1.71 bits per heavy atom. The van der Waals surface area contributed by atoms with Gasteiger partial charge in [0.15, 0.2) is 6.29 Å². The molecule has 2 aliphatic rings. The van der Waals surface area contributed by atoms with Crippen LogP contribution in [0.4, 0.5) is 0 Å². The van der Waals surface area contributed by atoms with E-state index in [-0.39, 0.29) is 18.3 Å². The Balaban J connectivity index is 1.40. The lowest BCUT2D eigenvalue weighted by molar-refractivity contribution is -0.105. The van der Waals surface area contributed by atoms with Crippen LogP contribution in [0.5, 0.6) is 5.75 Å². The molecule has 2 saturated heterocycles. The third-order valence-corrected chi connectivity index (χ3v) is 5.86. The summed E-state index contributed by atoms with van der Waals surface area (Å²) in [5.41, 5.74) is 8.35. The number of aliphatic hydroxyl groups excluding tert-OH is 1. The molecule has 0 aliphatic carbocycles. The van der Waals surface area contributed by atoms with E-state index in [1.165, 1.54) is 0 Å². The third-order valence-electron chi connectivity index (χ3n) is 5.86. The standard InChI is InChI=1S/C30H30O4/c1-2-28-27(30(31)25(22-33-28)14-8-12-23-10-4-3-5-11-23)15-9-13-24-17-19-26(20-18-24)34-29-16-6-7-21-32-29/h2-5,10-15,17-20,25,27-31H,1,6-7,16,21H2. The van der Waals surface area contributed by atoms with E-state index in [9.17, 15) is 5.11 Å². The highest BCUT2D eigenvalue weighted by Gasteiger charge is 2.36. The summed E-state index contributed by atoms with van der Waals surface area (Å²) in [5.74, 6) is 0.0820. The molecule has 2 aromatic carbocycles. The molecule has 174 valence electrons. The molecule has 0 saturated carbocycles. The van der Waals surface area contributed by atoms with Crippen molar-refractivity contribution in [2.24, 2.45) is 11.8 Å². The fraction of sp³-hybridized carbons (Fsp3) is 0.300. The highest BCUT2D eigenvalue weighted by Crippen LogP contribution is 2.31. The first-order valence-electron chi connectivity index (χ1n) is 11.7. The maximum atomic E-state index is 10.9. The van der Waals surface area contributed by atoms with E-state index in [2.05, 4.69) is 24.6 Å². The molecule has 5 atom stereocenters. The lowest BCUT2D eigenvalue weighted by Crippen LogP contribution is -2.41. The van der Waals surface area contributed by atoms with Crippen LogP contribution >= 0.6 is 0 Å². The van der Waals surface area contributed by atoms with E-state index in [0.717, 1.165) is 42.7 Å². The normalized spacial score (nSPS) is 26.3. The molecule has 0 amide bonds. The van der Waals surface area contributed by atoms with Crippen molar-refractivity contribution < 1.29 is 19.3 Å². The minimum absolute atomic E-state index is 0.156. The van der Waals surface area contributed by atoms with Crippen molar-refractivity contribution in [1.29, 1.82) is 0 Å². The van der Waals surface area contributed by atoms with E-state index >= 15 is 0 Å². The number of ether oxygens (including phenoxy) is 3. The first-order valence-corrected chi connectivity index (χ1v) is 11.7. The zero-order valence-electron chi connectivity index (χ0n) is 19.2. The molecule has 5 unspecified atom stereocenters. The monoisotopic (exact) mass is 454 g/mol. The Labute approximate surface area is 202 Å². The Morgan fingerprint density at radius 3 is 2.41 bits per heavy atom. The van der Waals surface area contributed by atoms with Crippen LogP contribution in [-0.2, 0) is 9.47 Å². The molecule has 4 heteroatoms. The van der Waals surface area contributed by atoms with Gasteiger partial charge in [-0.15, -0.1) is 18.0 Å². The van der Waals surface area contributed by atoms with Crippen LogP contribution in [0.1, 0.15) is 30.4 Å². The second-order valence-corrected chi connectivity index (χ2v) is 8.38. The first-order chi connectivity index (χ1) is 16.7. The summed E-state index contributed by atoms with van der Waals surface area (Å²) in [6.45, 7) is 7.48. The first kappa shape index (κ1) is 24.0. The molecular weight excluding hydrogens is 424 g/mol. The predicted octanol–water partition coefficient (Wildman–Crippen LogP) is 5.85. The number of rotatable bonds is 7. The van der Waals surface area contributed by atoms with Crippen molar-refractivity contribution in [2.45, 2.75) is 37.8 Å². The maximum Gasteiger partial charge on any atom is 0.199 e. The average molecular weight is 455 g/mol. The highest BCUT2D eigenvalue weighted by molar-refractivity contribution is 5.50. The topological polar surface area (TPSA) is 47.9 Å². The summed E-state index contributed by atoms with van der Waals surface area (Å²) in [6.07, 6.45) is 10.9. The van der Waals surface area contributed by atoms with Gasteiger partial charge < -0.3 is 19.3 Å². The van der Waals surface area contributed by atoms with Crippen molar-refractivity contribution in [2.75, 3.05) is 6.61 Å². The molecule has 2 aromatic rings. The summed E-state index contributed by atoms with van der Waals surface area (Å²) in [6, 6.07) is 17.7. The summed E-state index contributed by atoms with van der Waals surface area (Å²) < 4.78 is 17.2. The smallest absolute Gasteiger partial charge is 0.199 e. The van der Waals surface area contributed by atoms with Gasteiger partial charge in [-0.1, -0.05) is 48.5 Å². The van der Waals surface area contributed by atoms with Gasteiger partial charge in [0.2, 0.25) is 0 Å². The summed E-state index contributed by atoms with van der Waals surface area (Å²) in [5, 5.41) is 10.9. The van der Waals surface area contributed by atoms with Gasteiger partial charge in [-0.05, 0) is 60.4 Å². The molecule has 2 radical (unpaired) electrons. The lowest BCUT2D eigenvalue weighted by atomic mass is 9.84. The van der Waals surface area contributed by atoms with Gasteiger partial charge in [-0.2, -0.15) is 0 Å². The Kier molecular flexibility index (Phi) is 8.76. The maximum absolute atomic E-state index is 10.9. The highest BCUT2D eigenvalue weighted by atomic mass is 16.7. The van der Waals surface area contributed by atoms with Crippen molar-refractivity contribution >= 4 is 12.2 Å². The average Bonchev–Trinajstić information content (AvgIpc) is 2.88. The largest absolute Gasteiger partial charge is 0.465 e. The summed E-state index contributed by atoms with van der Waals surface area (Å²) in [4.78, 5) is 0. The van der Waals surface area contributed by atoms with E-state index < -0.39 is 12.0 Å². The Hall–Kier alpha value is -3.10. The van der Waals surface area contributed by atoms with Crippen LogP contribution in [0.2, 0.25) is 0 Å². The molecule has 1 N–H and O–H groups in total. The van der Waals surface area contributed by atoms with Gasteiger partial charge in [-0.3, -0.25) is 0 Å². The molecule has 2 heterocycles. The van der Waals surface area contributed by atoms with Crippen molar-refractivity contribution in [3.63, 3.8) is 0 Å². The fourth-order valence-electron chi connectivity index (χ4n) is 3.92. The van der Waals surface area contributed by atoms with Crippen LogP contribution < -0.4 is 4.74 Å². The van der Waals surface area contributed by atoms with Gasteiger partial charge in [0.05, 0.1) is 18.8 Å². The Morgan fingerprint density at radius 1 is 0.971 bits per heavy atom. The second kappa shape index (κ2) is 12.4. The van der Waals surface area contributed by atoms with E-state index in [1.54, 1.807) is 12.2 Å². The zero-order valence-corrected chi connectivity index (χ0v) is 19.2. The minimum atomic E-state index is -0.722. The minimum Gasteiger partial charge on any atom is -0.465 e. The Bertz CT molecular complexity index is 1040. The van der Waals surface area contributed by atoms with Crippen molar-refractivity contribution in [3.8, 4) is 5.75 Å². The van der Waals surface area contributed by atoms with Gasteiger partial charge in [-0.25, -0.2) is 0 Å². The second-order valence-electron chi connectivity index (χ2n) is 8.38. The molecule has 4 nitrogen and oxygen atoms in total. The van der Waals surface area contributed by atoms with Gasteiger partial charge in [0.25, 0.3) is 0 Å². The van der Waals surface area contributed by atoms with Crippen LogP contribution in [0.15, 0.2) is 90.9 Å². The SMILES string of the molecule is C=CC1O[C]C(C=C=Cc2ccccc2)C(O)C1C=C=Cc1ccc(OC2CCCCO2)cc1. The van der Waals surface area contributed by atoms with Crippen molar-refractivity contribution in [3.05, 3.63) is 109 Å². The van der Waals surface area contributed by atoms with Crippen molar-refractivity contribution in [1.82, 2.24) is 0 Å². The van der Waals surface area contributed by atoms with E-state index in [4.69, 9.17) is 14.2 Å². The summed E-state index contributed by atoms with van der Waals surface area (Å²) >= 11 is 0. The molecule has 34 heavy (non-hydrogen) atoms. The van der Waals surface area contributed by atoms with Crippen LogP contribution in [0, 0.1) is 18.4 Å². The number of hydrogen-bond acceptors (Lipinski definition) is 4. The van der Waals surface area contributed by atoms with E-state index in [0.29, 0.717) is 0 Å². The number of hydrogen-bond donors (Lipinski definition) is 1. The lowest BCUT2D eigenvalue weighted by Gasteiger charge is -2.35. The zero-order chi connectivity index (χ0) is 23.6. The quantitative estimate of drug-likeness (QED) is 0.421. The third kappa shape index (κ3) is 6.71. The molecule has 0 aromatic heterocycles. The number of benzene rings is 2. The van der Waals surface area contributed by atoms with Crippen LogP contribution in [0.3, 0.4) is 0 Å². The fourth-order valence-corrected chi connectivity index (χ4v) is 3.92. The van der Waals surface area contributed by atoms with E-state index in [1.807, 2.05) is 72.8 Å². The molecule has 0 spiro atoms. The molecule has 2 fully saturated rings. The van der Waals surface area contributed by atoms with Crippen LogP contribution in [-0.4, -0.2) is 30.2 Å². The van der Waals surface area contributed by atoms with Gasteiger partial charge in [0, 0.05) is 18.3 Å². The molecule has 2 aliphatic heterocycles. The summed E-state index contributed by atoms with van der Waals surface area (Å²) in [7, 11) is 0. The molecule has 4 rings (SSSR count). The molecule has 0 bridgehead atoms. The number of aliphatic hydroxyl groups is 1. The predicted molar refractivity (Wildman–Crippen MR) is 133 cm³/mol. The van der Waals surface area contributed by atoms with Gasteiger partial charge >= 0.3 is 0 Å². The van der Waals surface area contributed by atoms with Gasteiger partial charge in [0.1, 0.15) is 12.4 Å². The molecular formula is C30H30O4.